The summed E-state index contributed by atoms with van der Waals surface area (Å²) in [6.45, 7) is -0.807. The number of methoxy groups -OCH3 is 3. The second kappa shape index (κ2) is 12.2. The molecule has 15 heteroatoms. The summed E-state index contributed by atoms with van der Waals surface area (Å²) in [5.74, 6) is 0.505. The zero-order valence-electron chi connectivity index (χ0n) is 22.8. The third-order valence-corrected chi connectivity index (χ3v) is 7.25. The Hall–Kier alpha value is -3.25. The van der Waals surface area contributed by atoms with Crippen molar-refractivity contribution in [3.8, 4) is 23.0 Å². The van der Waals surface area contributed by atoms with E-state index in [4.69, 9.17) is 37.6 Å². The van der Waals surface area contributed by atoms with Gasteiger partial charge in [0.1, 0.15) is 76.2 Å². The second-order valence-corrected chi connectivity index (χ2v) is 9.82. The van der Waals surface area contributed by atoms with E-state index >= 15 is 0 Å². The summed E-state index contributed by atoms with van der Waals surface area (Å²) in [7, 11) is 4.17. The van der Waals surface area contributed by atoms with Crippen molar-refractivity contribution in [2.75, 3.05) is 34.5 Å². The third-order valence-electron chi connectivity index (χ3n) is 7.25. The van der Waals surface area contributed by atoms with E-state index in [1.807, 2.05) is 0 Å². The predicted molar refractivity (Wildman–Crippen MR) is 141 cm³/mol. The molecular weight excluding hydrogens is 564 g/mol. The summed E-state index contributed by atoms with van der Waals surface area (Å²) >= 11 is 0. The highest BCUT2D eigenvalue weighted by molar-refractivity contribution is 5.97. The van der Waals surface area contributed by atoms with Crippen LogP contribution in [0.5, 0.6) is 23.0 Å². The first-order chi connectivity index (χ1) is 20.1. The van der Waals surface area contributed by atoms with Gasteiger partial charge in [0, 0.05) is 12.1 Å². The van der Waals surface area contributed by atoms with Gasteiger partial charge in [-0.15, -0.1) is 0 Å². The lowest BCUT2D eigenvalue weighted by molar-refractivity contribution is -0.307. The SMILES string of the molecule is COc1cc(O[C@H]2O[C@@H](CO[C@H]3OC[C@@H](O)[C@H](O)[C@H]3O)[C@@H](O)[C@@H](O)[C@H]2O)c2c(=O)c3c(OC)c(OC)ccc3oc2c1. The van der Waals surface area contributed by atoms with Gasteiger partial charge in [-0.1, -0.05) is 0 Å². The van der Waals surface area contributed by atoms with Gasteiger partial charge in [-0.25, -0.2) is 0 Å². The number of rotatable bonds is 8. The summed E-state index contributed by atoms with van der Waals surface area (Å²) in [4.78, 5) is 13.8. The molecule has 0 aliphatic carbocycles. The number of aliphatic hydroxyl groups is 6. The van der Waals surface area contributed by atoms with Crippen molar-refractivity contribution in [1.29, 1.82) is 0 Å². The quantitative estimate of drug-likeness (QED) is 0.165. The van der Waals surface area contributed by atoms with Crippen LogP contribution in [0.4, 0.5) is 0 Å². The van der Waals surface area contributed by atoms with Gasteiger partial charge in [0.15, 0.2) is 17.8 Å². The number of benzene rings is 2. The Bertz CT molecular complexity index is 1470. The van der Waals surface area contributed by atoms with Crippen LogP contribution in [-0.2, 0) is 14.2 Å². The molecule has 5 rings (SSSR count). The Labute approximate surface area is 237 Å². The average Bonchev–Trinajstić information content (AvgIpc) is 2.99. The third kappa shape index (κ3) is 5.34. The van der Waals surface area contributed by atoms with E-state index < -0.39 is 67.3 Å². The molecule has 2 fully saturated rings. The molecule has 3 heterocycles. The zero-order valence-corrected chi connectivity index (χ0v) is 22.8. The van der Waals surface area contributed by atoms with Crippen LogP contribution in [0, 0.1) is 0 Å². The first-order valence-corrected chi connectivity index (χ1v) is 12.9. The summed E-state index contributed by atoms with van der Waals surface area (Å²) in [6, 6.07) is 5.94. The average molecular weight is 597 g/mol. The van der Waals surface area contributed by atoms with Gasteiger partial charge in [0.25, 0.3) is 0 Å². The van der Waals surface area contributed by atoms with Crippen molar-refractivity contribution in [2.45, 2.75) is 55.3 Å². The van der Waals surface area contributed by atoms with Crippen molar-refractivity contribution >= 4 is 21.9 Å². The van der Waals surface area contributed by atoms with Crippen LogP contribution < -0.4 is 24.4 Å². The Morgan fingerprint density at radius 3 is 2.21 bits per heavy atom. The van der Waals surface area contributed by atoms with E-state index in [1.165, 1.54) is 33.5 Å². The standard InChI is InChI=1S/C27H32O15/c1-35-10-6-14-17(21(31)18-12(40-14)4-5-13(36-2)25(18)37-3)15(7-10)41-27-24(34)22(32)20(30)16(42-27)9-39-26-23(33)19(29)11(28)8-38-26/h4-7,11,16,19-20,22-24,26-30,32-34H,8-9H2,1-3H3/t11-,16+,19+,20-,22-,23-,24-,26-,27+/m1/s1. The number of ether oxygens (including phenoxy) is 7. The van der Waals surface area contributed by atoms with Crippen LogP contribution in [0.1, 0.15) is 0 Å². The van der Waals surface area contributed by atoms with Crippen LogP contribution in [0.25, 0.3) is 21.9 Å². The van der Waals surface area contributed by atoms with Gasteiger partial charge in [-0.2, -0.15) is 0 Å². The van der Waals surface area contributed by atoms with Crippen LogP contribution in [0.15, 0.2) is 33.5 Å². The Balaban J connectivity index is 1.48. The molecular formula is C27H32O15. The maximum atomic E-state index is 13.8. The second-order valence-electron chi connectivity index (χ2n) is 9.82. The molecule has 2 aliphatic rings. The van der Waals surface area contributed by atoms with E-state index in [9.17, 15) is 35.4 Å². The molecule has 1 aromatic heterocycles. The lowest BCUT2D eigenvalue weighted by atomic mass is 9.99. The maximum Gasteiger partial charge on any atom is 0.229 e. The highest BCUT2D eigenvalue weighted by atomic mass is 16.7. The molecule has 6 N–H and O–H groups in total. The first-order valence-electron chi connectivity index (χ1n) is 12.9. The summed E-state index contributed by atoms with van der Waals surface area (Å²) in [6.07, 6.45) is -14.0. The molecule has 2 aliphatic heterocycles. The van der Waals surface area contributed by atoms with E-state index in [-0.39, 0.29) is 51.5 Å². The normalized spacial score (nSPS) is 31.7. The molecule has 0 amide bonds. The smallest absolute Gasteiger partial charge is 0.229 e. The molecule has 0 bridgehead atoms. The van der Waals surface area contributed by atoms with Crippen LogP contribution in [-0.4, -0.2) is 120 Å². The van der Waals surface area contributed by atoms with Gasteiger partial charge in [0.05, 0.1) is 34.5 Å². The molecule has 0 radical (unpaired) electrons. The lowest BCUT2D eigenvalue weighted by Gasteiger charge is -2.41. The number of aliphatic hydroxyl groups excluding tert-OH is 6. The maximum absolute atomic E-state index is 13.8. The molecule has 9 atom stereocenters. The zero-order chi connectivity index (χ0) is 30.3. The summed E-state index contributed by atoms with van der Waals surface area (Å²) in [5, 5.41) is 61.4. The first kappa shape index (κ1) is 30.2. The minimum absolute atomic E-state index is 0.0598. The summed E-state index contributed by atoms with van der Waals surface area (Å²) < 4.78 is 44.3. The number of hydrogen-bond acceptors (Lipinski definition) is 15. The minimum Gasteiger partial charge on any atom is -0.496 e. The van der Waals surface area contributed by atoms with Crippen molar-refractivity contribution in [2.24, 2.45) is 0 Å². The molecule has 0 spiro atoms. The van der Waals surface area contributed by atoms with E-state index in [1.54, 1.807) is 12.1 Å². The highest BCUT2D eigenvalue weighted by Crippen LogP contribution is 2.38. The molecule has 0 saturated carbocycles. The van der Waals surface area contributed by atoms with E-state index in [0.29, 0.717) is 0 Å². The van der Waals surface area contributed by atoms with Crippen molar-refractivity contribution in [3.05, 3.63) is 34.5 Å². The fraction of sp³-hybridized carbons (Fsp3) is 0.519. The van der Waals surface area contributed by atoms with Crippen molar-refractivity contribution in [1.82, 2.24) is 0 Å². The van der Waals surface area contributed by atoms with Crippen LogP contribution in [0.3, 0.4) is 0 Å². The highest BCUT2D eigenvalue weighted by Gasteiger charge is 2.46. The van der Waals surface area contributed by atoms with Gasteiger partial charge in [0.2, 0.25) is 11.7 Å². The monoisotopic (exact) mass is 596 g/mol. The Morgan fingerprint density at radius 1 is 0.786 bits per heavy atom. The largest absolute Gasteiger partial charge is 0.496 e. The van der Waals surface area contributed by atoms with E-state index in [0.717, 1.165) is 0 Å². The number of fused-ring (bicyclic) bond motifs is 2. The lowest BCUT2D eigenvalue weighted by Crippen LogP contribution is -2.61. The molecule has 230 valence electrons. The predicted octanol–water partition coefficient (Wildman–Crippen LogP) is -1.39. The van der Waals surface area contributed by atoms with Gasteiger partial charge in [-0.3, -0.25) is 4.79 Å². The molecule has 2 aromatic carbocycles. The van der Waals surface area contributed by atoms with Gasteiger partial charge >= 0.3 is 0 Å². The van der Waals surface area contributed by atoms with Crippen molar-refractivity contribution in [3.63, 3.8) is 0 Å². The summed E-state index contributed by atoms with van der Waals surface area (Å²) in [5.41, 5.74) is -0.294. The Kier molecular flexibility index (Phi) is 8.75. The molecule has 2 saturated heterocycles. The number of hydrogen-bond donors (Lipinski definition) is 6. The molecule has 42 heavy (non-hydrogen) atoms. The van der Waals surface area contributed by atoms with Crippen LogP contribution >= 0.6 is 0 Å². The van der Waals surface area contributed by atoms with E-state index in [2.05, 4.69) is 0 Å². The van der Waals surface area contributed by atoms with Gasteiger partial charge in [-0.05, 0) is 12.1 Å². The molecule has 3 aromatic rings. The van der Waals surface area contributed by atoms with Crippen molar-refractivity contribution < 1.29 is 68.2 Å². The van der Waals surface area contributed by atoms with Crippen LogP contribution in [0.2, 0.25) is 0 Å². The van der Waals surface area contributed by atoms with Gasteiger partial charge < -0.3 is 68.2 Å². The Morgan fingerprint density at radius 2 is 1.52 bits per heavy atom. The fourth-order valence-electron chi connectivity index (χ4n) is 4.93. The minimum atomic E-state index is -1.78. The molecule has 0 unspecified atom stereocenters. The fourth-order valence-corrected chi connectivity index (χ4v) is 4.93. The molecule has 15 nitrogen and oxygen atoms in total. The topological polar surface area (TPSA) is 216 Å².